The summed E-state index contributed by atoms with van der Waals surface area (Å²) in [6.07, 6.45) is 1.000. The first kappa shape index (κ1) is 17.7. The van der Waals surface area contributed by atoms with Gasteiger partial charge in [0.05, 0.1) is 5.75 Å². The van der Waals surface area contributed by atoms with Crippen LogP contribution in [0.25, 0.3) is 0 Å². The molecular formula is C16H22N4OS2. The summed E-state index contributed by atoms with van der Waals surface area (Å²) >= 11 is 2.87. The van der Waals surface area contributed by atoms with Crippen molar-refractivity contribution in [1.29, 1.82) is 0 Å². The molecule has 0 saturated carbocycles. The maximum absolute atomic E-state index is 11.7. The van der Waals surface area contributed by atoms with Crippen LogP contribution in [0, 0.1) is 12.8 Å². The van der Waals surface area contributed by atoms with Gasteiger partial charge in [-0.3, -0.25) is 4.79 Å². The Balaban J connectivity index is 1.79. The number of aryl methyl sites for hydroxylation is 1. The fourth-order valence-electron chi connectivity index (χ4n) is 1.83. The SMILES string of the molecule is Cc1ccccc1Nc1nnc(SCC(=O)NCCC(C)C)s1. The second-order valence-electron chi connectivity index (χ2n) is 5.63. The summed E-state index contributed by atoms with van der Waals surface area (Å²) in [6, 6.07) is 8.03. The van der Waals surface area contributed by atoms with Crippen LogP contribution in [-0.2, 0) is 4.79 Å². The number of thioether (sulfide) groups is 1. The third kappa shape index (κ3) is 6.19. The van der Waals surface area contributed by atoms with E-state index in [0.29, 0.717) is 11.7 Å². The van der Waals surface area contributed by atoms with E-state index in [1.165, 1.54) is 23.1 Å². The number of hydrogen-bond donors (Lipinski definition) is 2. The zero-order valence-corrected chi connectivity index (χ0v) is 15.3. The first-order valence-electron chi connectivity index (χ1n) is 7.60. The minimum atomic E-state index is 0.0410. The van der Waals surface area contributed by atoms with Crippen LogP contribution in [0.4, 0.5) is 10.8 Å². The van der Waals surface area contributed by atoms with Crippen LogP contribution in [0.1, 0.15) is 25.8 Å². The van der Waals surface area contributed by atoms with Gasteiger partial charge in [-0.2, -0.15) is 0 Å². The molecule has 0 radical (unpaired) electrons. The highest BCUT2D eigenvalue weighted by molar-refractivity contribution is 8.01. The van der Waals surface area contributed by atoms with Crippen LogP contribution < -0.4 is 10.6 Å². The summed E-state index contributed by atoms with van der Waals surface area (Å²) in [5.41, 5.74) is 2.17. The number of anilines is 2. The molecule has 7 heteroatoms. The Morgan fingerprint density at radius 1 is 1.30 bits per heavy atom. The molecule has 0 aliphatic rings. The van der Waals surface area contributed by atoms with E-state index in [2.05, 4.69) is 34.7 Å². The molecule has 0 aliphatic carbocycles. The van der Waals surface area contributed by atoms with Gasteiger partial charge in [0, 0.05) is 12.2 Å². The maximum atomic E-state index is 11.7. The molecule has 0 aliphatic heterocycles. The highest BCUT2D eigenvalue weighted by atomic mass is 32.2. The third-order valence-corrected chi connectivity index (χ3v) is 5.14. The standard InChI is InChI=1S/C16H22N4OS2/c1-11(2)8-9-17-14(21)10-22-16-20-19-15(23-16)18-13-7-5-4-6-12(13)3/h4-7,11H,8-10H2,1-3H3,(H,17,21)(H,18,19). The Hall–Kier alpha value is -1.60. The molecule has 2 rings (SSSR count). The predicted molar refractivity (Wildman–Crippen MR) is 97.6 cm³/mol. The van der Waals surface area contributed by atoms with Crippen molar-refractivity contribution in [3.05, 3.63) is 29.8 Å². The van der Waals surface area contributed by atoms with Crippen LogP contribution in [0.2, 0.25) is 0 Å². The normalized spacial score (nSPS) is 10.8. The van der Waals surface area contributed by atoms with Crippen LogP contribution in [-0.4, -0.2) is 28.4 Å². The van der Waals surface area contributed by atoms with Crippen molar-refractivity contribution in [3.63, 3.8) is 0 Å². The number of rotatable bonds is 8. The van der Waals surface area contributed by atoms with E-state index < -0.39 is 0 Å². The zero-order valence-electron chi connectivity index (χ0n) is 13.6. The number of nitrogens with one attached hydrogen (secondary N) is 2. The number of carbonyl (C=O) groups is 1. The van der Waals surface area contributed by atoms with Crippen LogP contribution >= 0.6 is 23.1 Å². The molecule has 1 amide bonds. The Kier molecular flexibility index (Phi) is 6.85. The number of benzene rings is 1. The van der Waals surface area contributed by atoms with Gasteiger partial charge in [-0.05, 0) is 30.9 Å². The van der Waals surface area contributed by atoms with Gasteiger partial charge in [-0.1, -0.05) is 55.1 Å². The molecule has 124 valence electrons. The van der Waals surface area contributed by atoms with Crippen molar-refractivity contribution in [1.82, 2.24) is 15.5 Å². The fourth-order valence-corrected chi connectivity index (χ4v) is 3.42. The minimum absolute atomic E-state index is 0.0410. The molecule has 23 heavy (non-hydrogen) atoms. The number of carbonyl (C=O) groups excluding carboxylic acids is 1. The molecule has 5 nitrogen and oxygen atoms in total. The Morgan fingerprint density at radius 2 is 2.09 bits per heavy atom. The molecular weight excluding hydrogens is 328 g/mol. The first-order valence-corrected chi connectivity index (χ1v) is 9.40. The second-order valence-corrected chi connectivity index (χ2v) is 7.83. The van der Waals surface area contributed by atoms with Gasteiger partial charge in [-0.15, -0.1) is 10.2 Å². The van der Waals surface area contributed by atoms with Gasteiger partial charge in [0.25, 0.3) is 0 Å². The van der Waals surface area contributed by atoms with Gasteiger partial charge in [0.15, 0.2) is 4.34 Å². The van der Waals surface area contributed by atoms with E-state index in [4.69, 9.17) is 0 Å². The lowest BCUT2D eigenvalue weighted by atomic mass is 10.1. The van der Waals surface area contributed by atoms with Crippen molar-refractivity contribution < 1.29 is 4.79 Å². The summed E-state index contributed by atoms with van der Waals surface area (Å²) in [5, 5.41) is 15.1. The van der Waals surface area contributed by atoms with E-state index in [0.717, 1.165) is 33.7 Å². The lowest BCUT2D eigenvalue weighted by Gasteiger charge is -2.06. The lowest BCUT2D eigenvalue weighted by Crippen LogP contribution is -2.26. The largest absolute Gasteiger partial charge is 0.355 e. The van der Waals surface area contributed by atoms with Gasteiger partial charge < -0.3 is 10.6 Å². The molecule has 0 atom stereocenters. The van der Waals surface area contributed by atoms with Crippen LogP contribution in [0.3, 0.4) is 0 Å². The predicted octanol–water partition coefficient (Wildman–Crippen LogP) is 3.84. The molecule has 0 fully saturated rings. The van der Waals surface area contributed by atoms with Gasteiger partial charge in [0.2, 0.25) is 11.0 Å². The fraction of sp³-hybridized carbons (Fsp3) is 0.438. The van der Waals surface area contributed by atoms with Gasteiger partial charge >= 0.3 is 0 Å². The number of nitrogens with zero attached hydrogens (tertiary/aromatic N) is 2. The van der Waals surface area contributed by atoms with Gasteiger partial charge in [-0.25, -0.2) is 0 Å². The Morgan fingerprint density at radius 3 is 2.83 bits per heavy atom. The molecule has 2 N–H and O–H groups in total. The molecule has 0 bridgehead atoms. The number of para-hydroxylation sites is 1. The van der Waals surface area contributed by atoms with Crippen molar-refractivity contribution >= 4 is 39.8 Å². The van der Waals surface area contributed by atoms with E-state index in [9.17, 15) is 4.79 Å². The summed E-state index contributed by atoms with van der Waals surface area (Å²) in [5.74, 6) is 1.01. The molecule has 2 aromatic rings. The molecule has 0 spiro atoms. The van der Waals surface area contributed by atoms with Crippen molar-refractivity contribution in [2.24, 2.45) is 5.92 Å². The molecule has 0 unspecified atom stereocenters. The summed E-state index contributed by atoms with van der Waals surface area (Å²) in [6.45, 7) is 7.06. The first-order chi connectivity index (χ1) is 11.0. The topological polar surface area (TPSA) is 66.9 Å². The molecule has 1 heterocycles. The minimum Gasteiger partial charge on any atom is -0.355 e. The van der Waals surface area contributed by atoms with Crippen molar-refractivity contribution in [2.45, 2.75) is 31.5 Å². The average Bonchev–Trinajstić information content (AvgIpc) is 2.95. The monoisotopic (exact) mass is 350 g/mol. The van der Waals surface area contributed by atoms with Crippen LogP contribution in [0.5, 0.6) is 0 Å². The number of aromatic nitrogens is 2. The summed E-state index contributed by atoms with van der Waals surface area (Å²) in [7, 11) is 0. The quantitative estimate of drug-likeness (QED) is 0.708. The zero-order chi connectivity index (χ0) is 16.7. The van der Waals surface area contributed by atoms with Crippen LogP contribution in [0.15, 0.2) is 28.6 Å². The highest BCUT2D eigenvalue weighted by Gasteiger charge is 2.09. The van der Waals surface area contributed by atoms with E-state index >= 15 is 0 Å². The maximum Gasteiger partial charge on any atom is 0.230 e. The van der Waals surface area contributed by atoms with Crippen molar-refractivity contribution in [3.8, 4) is 0 Å². The molecule has 1 aromatic heterocycles. The van der Waals surface area contributed by atoms with E-state index in [1.54, 1.807) is 0 Å². The Bertz CT molecular complexity index is 643. The van der Waals surface area contributed by atoms with Crippen molar-refractivity contribution in [2.75, 3.05) is 17.6 Å². The number of amides is 1. The number of hydrogen-bond acceptors (Lipinski definition) is 6. The van der Waals surface area contributed by atoms with Gasteiger partial charge in [0.1, 0.15) is 0 Å². The third-order valence-electron chi connectivity index (χ3n) is 3.16. The average molecular weight is 351 g/mol. The highest BCUT2D eigenvalue weighted by Crippen LogP contribution is 2.28. The summed E-state index contributed by atoms with van der Waals surface area (Å²) in [4.78, 5) is 11.7. The molecule has 0 saturated heterocycles. The summed E-state index contributed by atoms with van der Waals surface area (Å²) < 4.78 is 0.792. The van der Waals surface area contributed by atoms with E-state index in [1.807, 2.05) is 31.2 Å². The smallest absolute Gasteiger partial charge is 0.230 e. The van der Waals surface area contributed by atoms with E-state index in [-0.39, 0.29) is 5.91 Å². The molecule has 1 aromatic carbocycles. The Labute approximate surface area is 145 Å². The second kappa shape index (κ2) is 8.88. The lowest BCUT2D eigenvalue weighted by molar-refractivity contribution is -0.118.